The summed E-state index contributed by atoms with van der Waals surface area (Å²) in [5, 5.41) is 0. The van der Waals surface area contributed by atoms with Crippen LogP contribution < -0.4 is 0 Å². The standard InChI is InChI=1S/C14H23F2NO3/c1-13(2,3)20-12(19)17(8-9-18)10-11-4-6-14(15,16)7-5-11/h9,11H,4-8,10H2,1-3H3. The molecule has 1 amide bonds. The quantitative estimate of drug-likeness (QED) is 0.747. The van der Waals surface area contributed by atoms with Gasteiger partial charge in [-0.2, -0.15) is 0 Å². The highest BCUT2D eigenvalue weighted by Crippen LogP contribution is 2.36. The van der Waals surface area contributed by atoms with E-state index < -0.39 is 17.6 Å². The largest absolute Gasteiger partial charge is 0.444 e. The van der Waals surface area contributed by atoms with Crippen LogP contribution in [0.15, 0.2) is 0 Å². The van der Waals surface area contributed by atoms with Crippen molar-refractivity contribution >= 4 is 12.4 Å². The van der Waals surface area contributed by atoms with Crippen LogP contribution in [0.2, 0.25) is 0 Å². The summed E-state index contributed by atoms with van der Waals surface area (Å²) < 4.78 is 31.4. The summed E-state index contributed by atoms with van der Waals surface area (Å²) >= 11 is 0. The summed E-state index contributed by atoms with van der Waals surface area (Å²) in [4.78, 5) is 23.9. The Labute approximate surface area is 118 Å². The number of carbonyl (C=O) groups is 2. The lowest BCUT2D eigenvalue weighted by Gasteiger charge is -2.32. The Hall–Kier alpha value is -1.20. The van der Waals surface area contributed by atoms with Crippen molar-refractivity contribution < 1.29 is 23.1 Å². The number of rotatable bonds is 4. The molecule has 0 aromatic heterocycles. The van der Waals surface area contributed by atoms with Crippen LogP contribution in [0.5, 0.6) is 0 Å². The first-order valence-corrected chi connectivity index (χ1v) is 6.92. The van der Waals surface area contributed by atoms with Crippen LogP contribution in [0, 0.1) is 5.92 Å². The number of halogens is 2. The second kappa shape index (κ2) is 6.50. The Morgan fingerprint density at radius 1 is 1.35 bits per heavy atom. The van der Waals surface area contributed by atoms with E-state index in [-0.39, 0.29) is 25.3 Å². The van der Waals surface area contributed by atoms with E-state index in [0.29, 0.717) is 25.7 Å². The molecule has 0 aromatic rings. The van der Waals surface area contributed by atoms with Crippen LogP contribution in [0.1, 0.15) is 46.5 Å². The zero-order valence-electron chi connectivity index (χ0n) is 12.3. The molecule has 0 aromatic carbocycles. The molecule has 1 saturated carbocycles. The van der Waals surface area contributed by atoms with E-state index in [1.807, 2.05) is 0 Å². The van der Waals surface area contributed by atoms with Gasteiger partial charge in [-0.1, -0.05) is 0 Å². The Morgan fingerprint density at radius 2 is 1.90 bits per heavy atom. The molecule has 0 radical (unpaired) electrons. The minimum atomic E-state index is -2.59. The molecule has 1 rings (SSSR count). The zero-order chi connectivity index (χ0) is 15.4. The predicted octanol–water partition coefficient (Wildman–Crippen LogP) is 3.25. The number of amides is 1. The molecule has 0 unspecified atom stereocenters. The number of hydrogen-bond donors (Lipinski definition) is 0. The lowest BCUT2D eigenvalue weighted by atomic mass is 9.86. The molecule has 0 N–H and O–H groups in total. The van der Waals surface area contributed by atoms with Crippen LogP contribution in [-0.2, 0) is 9.53 Å². The lowest BCUT2D eigenvalue weighted by molar-refractivity contribution is -0.109. The molecule has 0 bridgehead atoms. The average molecular weight is 291 g/mol. The predicted molar refractivity (Wildman–Crippen MR) is 70.8 cm³/mol. The van der Waals surface area contributed by atoms with Crippen molar-refractivity contribution in [1.29, 1.82) is 0 Å². The summed E-state index contributed by atoms with van der Waals surface area (Å²) in [6.45, 7) is 5.45. The number of nitrogens with zero attached hydrogens (tertiary/aromatic N) is 1. The van der Waals surface area contributed by atoms with Gasteiger partial charge in [-0.3, -0.25) is 0 Å². The third kappa shape index (κ3) is 5.84. The van der Waals surface area contributed by atoms with Gasteiger partial charge < -0.3 is 14.4 Å². The minimum absolute atomic E-state index is 0.00194. The molecule has 4 nitrogen and oxygen atoms in total. The van der Waals surface area contributed by atoms with E-state index in [2.05, 4.69) is 0 Å². The van der Waals surface area contributed by atoms with E-state index >= 15 is 0 Å². The molecule has 1 fully saturated rings. The van der Waals surface area contributed by atoms with Crippen molar-refractivity contribution in [2.75, 3.05) is 13.1 Å². The molecule has 0 atom stereocenters. The monoisotopic (exact) mass is 291 g/mol. The fraction of sp³-hybridized carbons (Fsp3) is 0.857. The Bertz CT molecular complexity index is 343. The van der Waals surface area contributed by atoms with E-state index in [1.165, 1.54) is 4.90 Å². The topological polar surface area (TPSA) is 46.6 Å². The van der Waals surface area contributed by atoms with Crippen LogP contribution >= 0.6 is 0 Å². The summed E-state index contributed by atoms with van der Waals surface area (Å²) in [6.07, 6.45) is 0.487. The summed E-state index contributed by atoms with van der Waals surface area (Å²) in [7, 11) is 0. The second-order valence-corrected chi connectivity index (χ2v) is 6.35. The van der Waals surface area contributed by atoms with Crippen molar-refractivity contribution in [2.24, 2.45) is 5.92 Å². The van der Waals surface area contributed by atoms with E-state index in [1.54, 1.807) is 20.8 Å². The fourth-order valence-corrected chi connectivity index (χ4v) is 2.23. The summed E-state index contributed by atoms with van der Waals surface area (Å²) in [5.41, 5.74) is -0.641. The van der Waals surface area contributed by atoms with E-state index in [4.69, 9.17) is 4.74 Å². The molecule has 20 heavy (non-hydrogen) atoms. The smallest absolute Gasteiger partial charge is 0.410 e. The highest BCUT2D eigenvalue weighted by atomic mass is 19.3. The van der Waals surface area contributed by atoms with Gasteiger partial charge in [-0.15, -0.1) is 0 Å². The first-order chi connectivity index (χ1) is 9.13. The fourth-order valence-electron chi connectivity index (χ4n) is 2.23. The first kappa shape index (κ1) is 16.9. The molecule has 0 aliphatic heterocycles. The van der Waals surface area contributed by atoms with Crippen molar-refractivity contribution in [3.05, 3.63) is 0 Å². The Kier molecular flexibility index (Phi) is 5.48. The van der Waals surface area contributed by atoms with Gasteiger partial charge >= 0.3 is 6.09 Å². The third-order valence-electron chi connectivity index (χ3n) is 3.26. The third-order valence-corrected chi connectivity index (χ3v) is 3.26. The van der Waals surface area contributed by atoms with Gasteiger partial charge in [-0.05, 0) is 39.5 Å². The summed E-state index contributed by atoms with van der Waals surface area (Å²) in [6, 6.07) is 0. The average Bonchev–Trinajstić information content (AvgIpc) is 2.28. The van der Waals surface area contributed by atoms with Gasteiger partial charge in [0.1, 0.15) is 11.9 Å². The van der Waals surface area contributed by atoms with Gasteiger partial charge in [0.05, 0.1) is 6.54 Å². The SMILES string of the molecule is CC(C)(C)OC(=O)N(CC=O)CC1CCC(F)(F)CC1. The van der Waals surface area contributed by atoms with Crippen molar-refractivity contribution in [2.45, 2.75) is 58.0 Å². The van der Waals surface area contributed by atoms with Crippen LogP contribution in [0.3, 0.4) is 0 Å². The Balaban J connectivity index is 2.55. The number of hydrogen-bond acceptors (Lipinski definition) is 3. The number of ether oxygens (including phenoxy) is 1. The first-order valence-electron chi connectivity index (χ1n) is 6.92. The molecule has 0 saturated heterocycles. The maximum absolute atomic E-state index is 13.1. The van der Waals surface area contributed by atoms with Crippen LogP contribution in [0.4, 0.5) is 13.6 Å². The highest BCUT2D eigenvalue weighted by Gasteiger charge is 2.36. The van der Waals surface area contributed by atoms with Crippen molar-refractivity contribution in [3.8, 4) is 0 Å². The van der Waals surface area contributed by atoms with Crippen molar-refractivity contribution in [3.63, 3.8) is 0 Å². The van der Waals surface area contributed by atoms with Gasteiger partial charge in [0, 0.05) is 19.4 Å². The number of carbonyl (C=O) groups excluding carboxylic acids is 2. The minimum Gasteiger partial charge on any atom is -0.444 e. The molecule has 1 aliphatic carbocycles. The van der Waals surface area contributed by atoms with Gasteiger partial charge in [0.15, 0.2) is 0 Å². The summed E-state index contributed by atoms with van der Waals surface area (Å²) in [5.74, 6) is -2.58. The number of aldehydes is 1. The zero-order valence-corrected chi connectivity index (χ0v) is 12.3. The molecular weight excluding hydrogens is 268 g/mol. The molecule has 6 heteroatoms. The lowest BCUT2D eigenvalue weighted by Crippen LogP contribution is -2.41. The normalized spacial score (nSPS) is 19.4. The van der Waals surface area contributed by atoms with Crippen LogP contribution in [-0.4, -0.2) is 41.9 Å². The van der Waals surface area contributed by atoms with Gasteiger partial charge in [0.25, 0.3) is 0 Å². The molecule has 0 spiro atoms. The maximum atomic E-state index is 13.1. The number of alkyl halides is 2. The maximum Gasteiger partial charge on any atom is 0.410 e. The Morgan fingerprint density at radius 3 is 2.35 bits per heavy atom. The van der Waals surface area contributed by atoms with Gasteiger partial charge in [0.2, 0.25) is 5.92 Å². The second-order valence-electron chi connectivity index (χ2n) is 6.35. The van der Waals surface area contributed by atoms with Crippen LogP contribution in [0.25, 0.3) is 0 Å². The van der Waals surface area contributed by atoms with Crippen molar-refractivity contribution in [1.82, 2.24) is 4.90 Å². The molecule has 1 aliphatic rings. The van der Waals surface area contributed by atoms with E-state index in [0.717, 1.165) is 0 Å². The molecular formula is C14H23F2NO3. The van der Waals surface area contributed by atoms with E-state index in [9.17, 15) is 18.4 Å². The molecule has 116 valence electrons. The highest BCUT2D eigenvalue weighted by molar-refractivity contribution is 5.71. The van der Waals surface area contributed by atoms with Gasteiger partial charge in [-0.25, -0.2) is 13.6 Å². The molecule has 0 heterocycles.